The van der Waals surface area contributed by atoms with Crippen LogP contribution in [0.5, 0.6) is 5.75 Å². The van der Waals surface area contributed by atoms with Gasteiger partial charge in [0, 0.05) is 13.1 Å². The predicted octanol–water partition coefficient (Wildman–Crippen LogP) is 3.80. The van der Waals surface area contributed by atoms with Gasteiger partial charge >= 0.3 is 0 Å². The largest absolute Gasteiger partial charge is 0.497 e. The second-order valence-electron chi connectivity index (χ2n) is 6.01. The number of nitrogens with zero attached hydrogens (tertiary/aromatic N) is 3. The maximum atomic E-state index is 5.51. The summed E-state index contributed by atoms with van der Waals surface area (Å²) in [5, 5.41) is 6.15. The molecule has 0 spiro atoms. The summed E-state index contributed by atoms with van der Waals surface area (Å²) in [5.41, 5.74) is 1.26. The second kappa shape index (κ2) is 6.75. The highest BCUT2D eigenvalue weighted by Crippen LogP contribution is 2.30. The molecule has 1 aliphatic rings. The lowest BCUT2D eigenvalue weighted by molar-refractivity contribution is 0.308. The van der Waals surface area contributed by atoms with E-state index in [1.165, 1.54) is 5.56 Å². The highest BCUT2D eigenvalue weighted by molar-refractivity contribution is 7.13. The van der Waals surface area contributed by atoms with Gasteiger partial charge in [0.25, 0.3) is 0 Å². The Balaban J connectivity index is 1.41. The SMILES string of the molecule is COc1cccc(CN2CC[C@@H](c3nc(-c4cccs4)no3)C2)c1. The van der Waals surface area contributed by atoms with Crippen molar-refractivity contribution in [3.05, 3.63) is 53.2 Å². The van der Waals surface area contributed by atoms with E-state index in [0.29, 0.717) is 11.7 Å². The van der Waals surface area contributed by atoms with Gasteiger partial charge in [-0.2, -0.15) is 4.98 Å². The van der Waals surface area contributed by atoms with Crippen LogP contribution in [-0.2, 0) is 6.54 Å². The van der Waals surface area contributed by atoms with Crippen LogP contribution >= 0.6 is 11.3 Å². The van der Waals surface area contributed by atoms with E-state index < -0.39 is 0 Å². The normalized spacial score (nSPS) is 18.1. The number of hydrogen-bond donors (Lipinski definition) is 0. The third kappa shape index (κ3) is 3.20. The van der Waals surface area contributed by atoms with E-state index in [1.54, 1.807) is 18.4 Å². The molecule has 0 N–H and O–H groups in total. The average molecular weight is 341 g/mol. The third-order valence-electron chi connectivity index (χ3n) is 4.35. The molecule has 24 heavy (non-hydrogen) atoms. The first-order chi connectivity index (χ1) is 11.8. The van der Waals surface area contributed by atoms with Crippen LogP contribution in [0.15, 0.2) is 46.3 Å². The lowest BCUT2D eigenvalue weighted by Crippen LogP contribution is -2.19. The second-order valence-corrected chi connectivity index (χ2v) is 6.95. The minimum Gasteiger partial charge on any atom is -0.497 e. The molecule has 0 saturated carbocycles. The van der Waals surface area contributed by atoms with Crippen molar-refractivity contribution in [3.63, 3.8) is 0 Å². The molecular weight excluding hydrogens is 322 g/mol. The zero-order valence-electron chi connectivity index (χ0n) is 13.5. The Morgan fingerprint density at radius 2 is 2.29 bits per heavy atom. The number of rotatable bonds is 5. The van der Waals surface area contributed by atoms with Crippen LogP contribution in [0.2, 0.25) is 0 Å². The Kier molecular flexibility index (Phi) is 4.32. The minimum absolute atomic E-state index is 0.317. The molecule has 1 aliphatic heterocycles. The van der Waals surface area contributed by atoms with E-state index in [-0.39, 0.29) is 0 Å². The van der Waals surface area contributed by atoms with Crippen LogP contribution in [0.4, 0.5) is 0 Å². The van der Waals surface area contributed by atoms with E-state index in [9.17, 15) is 0 Å². The van der Waals surface area contributed by atoms with Gasteiger partial charge in [-0.25, -0.2) is 0 Å². The molecule has 124 valence electrons. The Labute approximate surface area is 144 Å². The quantitative estimate of drug-likeness (QED) is 0.706. The number of hydrogen-bond acceptors (Lipinski definition) is 6. The molecule has 3 aromatic rings. The van der Waals surface area contributed by atoms with Crippen molar-refractivity contribution >= 4 is 11.3 Å². The standard InChI is InChI=1S/C18H19N3O2S/c1-22-15-5-2-4-13(10-15)11-21-8-7-14(12-21)18-19-17(20-23-18)16-6-3-9-24-16/h2-6,9-10,14H,7-8,11-12H2,1H3/t14-/m1/s1. The Bertz CT molecular complexity index is 800. The lowest BCUT2D eigenvalue weighted by Gasteiger charge is -2.15. The first-order valence-corrected chi connectivity index (χ1v) is 8.92. The molecular formula is C18H19N3O2S. The summed E-state index contributed by atoms with van der Waals surface area (Å²) in [7, 11) is 1.70. The molecule has 0 bridgehead atoms. The maximum Gasteiger partial charge on any atom is 0.231 e. The summed E-state index contributed by atoms with van der Waals surface area (Å²) in [4.78, 5) is 8.07. The topological polar surface area (TPSA) is 51.4 Å². The summed E-state index contributed by atoms with van der Waals surface area (Å²) in [6.07, 6.45) is 1.05. The number of aromatic nitrogens is 2. The molecule has 1 atom stereocenters. The van der Waals surface area contributed by atoms with Gasteiger partial charge in [-0.3, -0.25) is 4.90 Å². The van der Waals surface area contributed by atoms with Crippen LogP contribution < -0.4 is 4.74 Å². The van der Waals surface area contributed by atoms with Crippen LogP contribution in [0, 0.1) is 0 Å². The van der Waals surface area contributed by atoms with Gasteiger partial charge in [0.05, 0.1) is 17.9 Å². The third-order valence-corrected chi connectivity index (χ3v) is 5.21. The van der Waals surface area contributed by atoms with Crippen LogP contribution in [0.1, 0.15) is 23.8 Å². The van der Waals surface area contributed by atoms with Crippen LogP contribution in [-0.4, -0.2) is 35.2 Å². The van der Waals surface area contributed by atoms with Crippen molar-refractivity contribution in [1.29, 1.82) is 0 Å². The fourth-order valence-electron chi connectivity index (χ4n) is 3.11. The van der Waals surface area contributed by atoms with Crippen molar-refractivity contribution in [2.24, 2.45) is 0 Å². The molecule has 3 heterocycles. The maximum absolute atomic E-state index is 5.51. The monoisotopic (exact) mass is 341 g/mol. The highest BCUT2D eigenvalue weighted by atomic mass is 32.1. The molecule has 6 heteroatoms. The first kappa shape index (κ1) is 15.4. The molecule has 1 aromatic carbocycles. The Morgan fingerprint density at radius 1 is 1.33 bits per heavy atom. The van der Waals surface area contributed by atoms with Gasteiger partial charge in [0.2, 0.25) is 11.7 Å². The van der Waals surface area contributed by atoms with E-state index in [0.717, 1.165) is 42.6 Å². The Hall–Kier alpha value is -2.18. The van der Waals surface area contributed by atoms with Crippen LogP contribution in [0.25, 0.3) is 10.7 Å². The molecule has 2 aromatic heterocycles. The van der Waals surface area contributed by atoms with Crippen molar-refractivity contribution in [2.75, 3.05) is 20.2 Å². The Morgan fingerprint density at radius 3 is 3.12 bits per heavy atom. The number of ether oxygens (including phenoxy) is 1. The molecule has 5 nitrogen and oxygen atoms in total. The minimum atomic E-state index is 0.317. The molecule has 0 unspecified atom stereocenters. The van der Waals surface area contributed by atoms with Gasteiger partial charge < -0.3 is 9.26 Å². The summed E-state index contributed by atoms with van der Waals surface area (Å²) in [6.45, 7) is 2.90. The van der Waals surface area contributed by atoms with Gasteiger partial charge in [-0.1, -0.05) is 23.4 Å². The zero-order valence-corrected chi connectivity index (χ0v) is 14.3. The van der Waals surface area contributed by atoms with E-state index in [1.807, 2.05) is 29.6 Å². The van der Waals surface area contributed by atoms with Gasteiger partial charge in [-0.15, -0.1) is 11.3 Å². The number of methoxy groups -OCH3 is 1. The van der Waals surface area contributed by atoms with Crippen LogP contribution in [0.3, 0.4) is 0 Å². The number of benzene rings is 1. The molecule has 4 rings (SSSR count). The highest BCUT2D eigenvalue weighted by Gasteiger charge is 2.28. The van der Waals surface area contributed by atoms with Crippen molar-refractivity contribution in [2.45, 2.75) is 18.9 Å². The fraction of sp³-hybridized carbons (Fsp3) is 0.333. The fourth-order valence-corrected chi connectivity index (χ4v) is 3.76. The summed E-state index contributed by atoms with van der Waals surface area (Å²) < 4.78 is 10.8. The molecule has 0 aliphatic carbocycles. The summed E-state index contributed by atoms with van der Waals surface area (Å²) in [6, 6.07) is 12.3. The van der Waals surface area contributed by atoms with E-state index in [2.05, 4.69) is 27.2 Å². The van der Waals surface area contributed by atoms with Gasteiger partial charge in [0.15, 0.2) is 0 Å². The van der Waals surface area contributed by atoms with Crippen molar-refractivity contribution in [3.8, 4) is 16.5 Å². The molecule has 1 saturated heterocycles. The summed E-state index contributed by atoms with van der Waals surface area (Å²) in [5.74, 6) is 2.68. The van der Waals surface area contributed by atoms with E-state index >= 15 is 0 Å². The molecule has 0 radical (unpaired) electrons. The van der Waals surface area contributed by atoms with Gasteiger partial charge in [-0.05, 0) is 42.1 Å². The number of thiophene rings is 1. The van der Waals surface area contributed by atoms with E-state index in [4.69, 9.17) is 9.26 Å². The number of likely N-dealkylation sites (tertiary alicyclic amines) is 1. The zero-order chi connectivity index (χ0) is 16.4. The first-order valence-electron chi connectivity index (χ1n) is 8.04. The van der Waals surface area contributed by atoms with Gasteiger partial charge in [0.1, 0.15) is 5.75 Å². The average Bonchev–Trinajstić information content (AvgIpc) is 3.35. The van der Waals surface area contributed by atoms with Crippen molar-refractivity contribution < 1.29 is 9.26 Å². The predicted molar refractivity (Wildman–Crippen MR) is 93.2 cm³/mol. The summed E-state index contributed by atoms with van der Waals surface area (Å²) >= 11 is 1.63. The molecule has 1 fully saturated rings. The van der Waals surface area contributed by atoms with Crippen molar-refractivity contribution in [1.82, 2.24) is 15.0 Å². The smallest absolute Gasteiger partial charge is 0.231 e. The lowest BCUT2D eigenvalue weighted by atomic mass is 10.1. The molecule has 0 amide bonds.